The van der Waals surface area contributed by atoms with E-state index in [1.807, 2.05) is 85.1 Å². The van der Waals surface area contributed by atoms with Gasteiger partial charge in [-0.3, -0.25) is 9.97 Å². The second-order valence-corrected chi connectivity index (χ2v) is 13.0. The monoisotopic (exact) mass is 691 g/mol. The summed E-state index contributed by atoms with van der Waals surface area (Å²) in [4.78, 5) is 24.4. The molecule has 0 aliphatic heterocycles. The lowest BCUT2D eigenvalue weighted by Crippen LogP contribution is -1.95. The van der Waals surface area contributed by atoms with Crippen LogP contribution in [-0.2, 0) is 0 Å². The van der Waals surface area contributed by atoms with E-state index in [1.54, 1.807) is 6.20 Å². The molecule has 254 valence electrons. The van der Waals surface area contributed by atoms with Crippen LogP contribution in [0.4, 0.5) is 0 Å². The van der Waals surface area contributed by atoms with Gasteiger partial charge >= 0.3 is 0 Å². The van der Waals surface area contributed by atoms with Gasteiger partial charge in [0.2, 0.25) is 0 Å². The van der Waals surface area contributed by atoms with Gasteiger partial charge in [-0.1, -0.05) is 152 Å². The number of nitrogens with zero attached hydrogens (tertiary/aromatic N) is 5. The smallest absolute Gasteiger partial charge is 0.160 e. The van der Waals surface area contributed by atoms with Crippen LogP contribution in [0, 0.1) is 0 Å². The lowest BCUT2D eigenvalue weighted by molar-refractivity contribution is 1.18. The standard InChI is InChI=1S/C49H33N5/c1-4-12-34(13-5-1)42-30-47(43-18-10-11-29-50-43)52-48(31-42)44-28-27-41(33-51-44)37-21-19-35(20-22-37)36-23-25-40(26-24-36)49-53-45(38-14-6-2-7-15-38)32-46(54-49)39-16-8-3-9-17-39/h1-33H. The van der Waals surface area contributed by atoms with Crippen molar-refractivity contribution < 1.29 is 0 Å². The van der Waals surface area contributed by atoms with Crippen molar-refractivity contribution in [2.24, 2.45) is 0 Å². The van der Waals surface area contributed by atoms with Crippen LogP contribution in [0.25, 0.3) is 90.1 Å². The lowest BCUT2D eigenvalue weighted by atomic mass is 9.99. The van der Waals surface area contributed by atoms with Gasteiger partial charge in [0.1, 0.15) is 0 Å². The van der Waals surface area contributed by atoms with Gasteiger partial charge in [-0.05, 0) is 64.2 Å². The van der Waals surface area contributed by atoms with Crippen LogP contribution in [0.15, 0.2) is 200 Å². The number of hydrogen-bond acceptors (Lipinski definition) is 5. The van der Waals surface area contributed by atoms with Crippen LogP contribution >= 0.6 is 0 Å². The first kappa shape index (κ1) is 32.5. The van der Waals surface area contributed by atoms with Gasteiger partial charge in [-0.15, -0.1) is 0 Å². The van der Waals surface area contributed by atoms with Crippen LogP contribution < -0.4 is 0 Å². The second-order valence-electron chi connectivity index (χ2n) is 13.0. The van der Waals surface area contributed by atoms with E-state index < -0.39 is 0 Å². The number of hydrogen-bond donors (Lipinski definition) is 0. The Balaban J connectivity index is 0.968. The van der Waals surface area contributed by atoms with E-state index >= 15 is 0 Å². The molecule has 0 spiro atoms. The van der Waals surface area contributed by atoms with Crippen molar-refractivity contribution in [1.29, 1.82) is 0 Å². The molecule has 5 heteroatoms. The van der Waals surface area contributed by atoms with Crippen LogP contribution in [0.2, 0.25) is 0 Å². The van der Waals surface area contributed by atoms with E-state index in [-0.39, 0.29) is 0 Å². The van der Waals surface area contributed by atoms with Gasteiger partial charge in [0.25, 0.3) is 0 Å². The Morgan fingerprint density at radius 3 is 1.19 bits per heavy atom. The van der Waals surface area contributed by atoms with Crippen LogP contribution in [0.3, 0.4) is 0 Å². The summed E-state index contributed by atoms with van der Waals surface area (Å²) >= 11 is 0. The Kier molecular flexibility index (Phi) is 8.86. The average molecular weight is 692 g/mol. The van der Waals surface area contributed by atoms with E-state index in [4.69, 9.17) is 19.9 Å². The molecule has 0 fully saturated rings. The van der Waals surface area contributed by atoms with E-state index in [9.17, 15) is 0 Å². The first-order valence-electron chi connectivity index (χ1n) is 17.9. The topological polar surface area (TPSA) is 64.5 Å². The predicted octanol–water partition coefficient (Wildman–Crippen LogP) is 12.0. The van der Waals surface area contributed by atoms with Crippen molar-refractivity contribution in [2.45, 2.75) is 0 Å². The van der Waals surface area contributed by atoms with Crippen molar-refractivity contribution in [1.82, 2.24) is 24.9 Å². The molecule has 0 saturated carbocycles. The second kappa shape index (κ2) is 14.7. The molecule has 0 saturated heterocycles. The molecule has 0 N–H and O–H groups in total. The SMILES string of the molecule is c1ccc(-c2cc(-c3ccccn3)nc(-c3ccc(-c4ccc(-c5ccc(-c6nc(-c7ccccc7)cc(-c7ccccc7)n6)cc5)cc4)cn3)c2)cc1. The van der Waals surface area contributed by atoms with E-state index in [0.29, 0.717) is 5.82 Å². The summed E-state index contributed by atoms with van der Waals surface area (Å²) < 4.78 is 0. The molecule has 0 unspecified atom stereocenters. The highest BCUT2D eigenvalue weighted by molar-refractivity contribution is 5.77. The lowest BCUT2D eigenvalue weighted by Gasteiger charge is -2.11. The molecule has 0 aliphatic carbocycles. The fourth-order valence-electron chi connectivity index (χ4n) is 6.58. The normalized spacial score (nSPS) is 11.0. The third kappa shape index (κ3) is 6.94. The summed E-state index contributed by atoms with van der Waals surface area (Å²) in [5.74, 6) is 0.697. The summed E-state index contributed by atoms with van der Waals surface area (Å²) in [6.45, 7) is 0. The van der Waals surface area contributed by atoms with E-state index in [2.05, 4.69) is 114 Å². The maximum absolute atomic E-state index is 4.98. The number of aromatic nitrogens is 5. The largest absolute Gasteiger partial charge is 0.255 e. The fraction of sp³-hybridized carbons (Fsp3) is 0. The molecule has 5 aromatic carbocycles. The van der Waals surface area contributed by atoms with Crippen LogP contribution in [-0.4, -0.2) is 24.9 Å². The molecule has 9 aromatic rings. The number of rotatable bonds is 8. The Hall–Kier alpha value is -7.37. The average Bonchev–Trinajstić information content (AvgIpc) is 3.27. The Morgan fingerprint density at radius 2 is 0.685 bits per heavy atom. The van der Waals surface area contributed by atoms with Gasteiger partial charge in [-0.25, -0.2) is 15.0 Å². The molecule has 4 aromatic heterocycles. The first-order chi connectivity index (χ1) is 26.7. The highest BCUT2D eigenvalue weighted by Crippen LogP contribution is 2.32. The minimum Gasteiger partial charge on any atom is -0.255 e. The summed E-state index contributed by atoms with van der Waals surface area (Å²) in [5.41, 5.74) is 14.7. The molecular weight excluding hydrogens is 659 g/mol. The minimum absolute atomic E-state index is 0.697. The zero-order chi connectivity index (χ0) is 36.1. The van der Waals surface area contributed by atoms with Crippen molar-refractivity contribution in [3.05, 3.63) is 200 Å². The fourth-order valence-corrected chi connectivity index (χ4v) is 6.58. The zero-order valence-corrected chi connectivity index (χ0v) is 29.3. The third-order valence-electron chi connectivity index (χ3n) is 9.45. The van der Waals surface area contributed by atoms with Crippen molar-refractivity contribution in [2.75, 3.05) is 0 Å². The highest BCUT2D eigenvalue weighted by atomic mass is 14.9. The Bertz CT molecular complexity index is 2340. The summed E-state index contributed by atoms with van der Waals surface area (Å²) in [6, 6.07) is 64.2. The molecule has 54 heavy (non-hydrogen) atoms. The maximum atomic E-state index is 4.98. The predicted molar refractivity (Wildman–Crippen MR) is 219 cm³/mol. The molecular formula is C49H33N5. The van der Waals surface area contributed by atoms with Gasteiger partial charge in [0.05, 0.1) is 34.2 Å². The van der Waals surface area contributed by atoms with Gasteiger partial charge in [0.15, 0.2) is 5.82 Å². The van der Waals surface area contributed by atoms with Crippen LogP contribution in [0.5, 0.6) is 0 Å². The molecule has 5 nitrogen and oxygen atoms in total. The Labute approximate surface area is 314 Å². The number of benzene rings is 5. The first-order valence-corrected chi connectivity index (χ1v) is 17.9. The maximum Gasteiger partial charge on any atom is 0.160 e. The molecule has 0 amide bonds. The quantitative estimate of drug-likeness (QED) is 0.159. The van der Waals surface area contributed by atoms with Crippen molar-refractivity contribution >= 4 is 0 Å². The molecule has 0 aliphatic rings. The summed E-state index contributed by atoms with van der Waals surface area (Å²) in [5, 5.41) is 0. The van der Waals surface area contributed by atoms with Gasteiger partial charge in [-0.2, -0.15) is 0 Å². The third-order valence-corrected chi connectivity index (χ3v) is 9.45. The van der Waals surface area contributed by atoms with E-state index in [0.717, 1.165) is 84.2 Å². The van der Waals surface area contributed by atoms with Gasteiger partial charge in [0, 0.05) is 34.6 Å². The molecule has 9 rings (SSSR count). The van der Waals surface area contributed by atoms with Crippen LogP contribution in [0.1, 0.15) is 0 Å². The minimum atomic E-state index is 0.697. The zero-order valence-electron chi connectivity index (χ0n) is 29.3. The summed E-state index contributed by atoms with van der Waals surface area (Å²) in [7, 11) is 0. The molecule has 0 radical (unpaired) electrons. The van der Waals surface area contributed by atoms with Gasteiger partial charge < -0.3 is 0 Å². The molecule has 4 heterocycles. The Morgan fingerprint density at radius 1 is 0.241 bits per heavy atom. The van der Waals surface area contributed by atoms with Crippen molar-refractivity contribution in [3.8, 4) is 90.1 Å². The summed E-state index contributed by atoms with van der Waals surface area (Å²) in [6.07, 6.45) is 3.71. The molecule has 0 atom stereocenters. The highest BCUT2D eigenvalue weighted by Gasteiger charge is 2.13. The van der Waals surface area contributed by atoms with E-state index in [1.165, 1.54) is 0 Å². The molecule has 0 bridgehead atoms. The van der Waals surface area contributed by atoms with Crippen molar-refractivity contribution in [3.63, 3.8) is 0 Å². The number of pyridine rings is 3.